The lowest BCUT2D eigenvalue weighted by Gasteiger charge is -2.46. The first-order valence-corrected chi connectivity index (χ1v) is 10.4. The zero-order valence-corrected chi connectivity index (χ0v) is 16.1. The van der Waals surface area contributed by atoms with Crippen molar-refractivity contribution in [3.05, 3.63) is 0 Å². The molecule has 0 aromatic heterocycles. The Kier molecular flexibility index (Phi) is 6.75. The summed E-state index contributed by atoms with van der Waals surface area (Å²) in [7, 11) is 1.76. The van der Waals surface area contributed by atoms with Gasteiger partial charge in [-0.2, -0.15) is 0 Å². The smallest absolute Gasteiger partial charge is 0.226 e. The number of methoxy groups -OCH3 is 1. The van der Waals surface area contributed by atoms with Gasteiger partial charge in [-0.3, -0.25) is 10.1 Å². The number of amides is 1. The Labute approximate surface area is 152 Å². The highest BCUT2D eigenvalue weighted by Gasteiger charge is 2.43. The maximum atomic E-state index is 12.7. The normalized spacial score (nSPS) is 41.9. The van der Waals surface area contributed by atoms with Crippen molar-refractivity contribution in [3.63, 3.8) is 0 Å². The second-order valence-electron chi connectivity index (χ2n) is 8.19. The van der Waals surface area contributed by atoms with E-state index in [4.69, 9.17) is 9.47 Å². The van der Waals surface area contributed by atoms with Gasteiger partial charge < -0.3 is 14.8 Å². The molecular formula is C20H36N2O3. The number of carbonyl (C=O) groups is 1. The van der Waals surface area contributed by atoms with Crippen molar-refractivity contribution < 1.29 is 14.3 Å². The van der Waals surface area contributed by atoms with Gasteiger partial charge in [-0.25, -0.2) is 0 Å². The number of ether oxygens (including phenoxy) is 2. The lowest BCUT2D eigenvalue weighted by molar-refractivity contribution is -0.134. The fourth-order valence-electron chi connectivity index (χ4n) is 5.12. The molecule has 2 saturated carbocycles. The van der Waals surface area contributed by atoms with Gasteiger partial charge in [0.2, 0.25) is 5.91 Å². The first kappa shape index (κ1) is 19.1. The molecule has 2 N–H and O–H groups in total. The minimum Gasteiger partial charge on any atom is -0.381 e. The molecule has 1 heterocycles. The van der Waals surface area contributed by atoms with Crippen LogP contribution in [0.3, 0.4) is 0 Å². The zero-order valence-electron chi connectivity index (χ0n) is 16.1. The van der Waals surface area contributed by atoms with Crippen molar-refractivity contribution in [3.8, 4) is 0 Å². The third-order valence-corrected chi connectivity index (χ3v) is 6.65. The molecule has 144 valence electrons. The highest BCUT2D eigenvalue weighted by molar-refractivity contribution is 5.80. The number of hydrogen-bond acceptors (Lipinski definition) is 4. The van der Waals surface area contributed by atoms with Crippen LogP contribution in [0.5, 0.6) is 0 Å². The number of carbonyl (C=O) groups excluding carboxylic acids is 1. The topological polar surface area (TPSA) is 59.6 Å². The van der Waals surface area contributed by atoms with Crippen molar-refractivity contribution in [1.82, 2.24) is 10.6 Å². The molecule has 7 unspecified atom stereocenters. The third-order valence-electron chi connectivity index (χ3n) is 6.65. The van der Waals surface area contributed by atoms with Crippen LogP contribution in [0, 0.1) is 17.8 Å². The molecule has 5 nitrogen and oxygen atoms in total. The average molecular weight is 353 g/mol. The largest absolute Gasteiger partial charge is 0.381 e. The summed E-state index contributed by atoms with van der Waals surface area (Å²) >= 11 is 0. The summed E-state index contributed by atoms with van der Waals surface area (Å²) in [5, 5.41) is 7.06. The molecule has 3 aliphatic rings. The average Bonchev–Trinajstić information content (AvgIpc) is 2.65. The molecule has 1 amide bonds. The van der Waals surface area contributed by atoms with Crippen molar-refractivity contribution in [1.29, 1.82) is 0 Å². The first-order valence-electron chi connectivity index (χ1n) is 10.4. The van der Waals surface area contributed by atoms with Gasteiger partial charge in [-0.05, 0) is 56.8 Å². The maximum absolute atomic E-state index is 12.7. The molecule has 0 aromatic carbocycles. The Balaban J connectivity index is 1.57. The Hall–Kier alpha value is -0.650. The summed E-state index contributed by atoms with van der Waals surface area (Å²) in [6, 6.07) is 0.319. The minimum absolute atomic E-state index is 0.0705. The molecule has 0 aromatic rings. The quantitative estimate of drug-likeness (QED) is 0.772. The molecule has 0 spiro atoms. The van der Waals surface area contributed by atoms with Crippen LogP contribution in [0.2, 0.25) is 0 Å². The molecule has 1 saturated heterocycles. The van der Waals surface area contributed by atoms with E-state index in [2.05, 4.69) is 24.5 Å². The molecule has 1 aliphatic heterocycles. The second kappa shape index (κ2) is 8.83. The molecule has 3 fully saturated rings. The number of rotatable bonds is 6. The summed E-state index contributed by atoms with van der Waals surface area (Å²) in [6.45, 7) is 5.31. The van der Waals surface area contributed by atoms with E-state index in [0.717, 1.165) is 58.0 Å². The van der Waals surface area contributed by atoms with E-state index in [0.29, 0.717) is 24.0 Å². The van der Waals surface area contributed by atoms with Gasteiger partial charge >= 0.3 is 0 Å². The fourth-order valence-corrected chi connectivity index (χ4v) is 5.12. The van der Waals surface area contributed by atoms with Crippen LogP contribution in [-0.2, 0) is 14.3 Å². The van der Waals surface area contributed by atoms with E-state index in [1.165, 1.54) is 0 Å². The van der Waals surface area contributed by atoms with Crippen LogP contribution in [0.25, 0.3) is 0 Å². The van der Waals surface area contributed by atoms with Gasteiger partial charge in [0.1, 0.15) is 0 Å². The van der Waals surface area contributed by atoms with Crippen molar-refractivity contribution in [2.24, 2.45) is 17.8 Å². The standard InChI is InChI=1S/C20H36N2O3/c1-4-10-25-18-9-6-14(11-13(18)5-2)19-21-17-8-7-15(24-3)12-16(17)20(23)22-19/h13-19,21H,4-12H2,1-3H3,(H,22,23). The molecule has 0 radical (unpaired) electrons. The highest BCUT2D eigenvalue weighted by Crippen LogP contribution is 2.37. The van der Waals surface area contributed by atoms with Crippen LogP contribution in [-0.4, -0.2) is 44.0 Å². The Morgan fingerprint density at radius 3 is 2.68 bits per heavy atom. The number of fused-ring (bicyclic) bond motifs is 1. The van der Waals surface area contributed by atoms with Crippen LogP contribution >= 0.6 is 0 Å². The van der Waals surface area contributed by atoms with E-state index < -0.39 is 0 Å². The molecule has 25 heavy (non-hydrogen) atoms. The Morgan fingerprint density at radius 1 is 1.12 bits per heavy atom. The number of nitrogens with one attached hydrogen (secondary N) is 2. The molecule has 7 atom stereocenters. The van der Waals surface area contributed by atoms with Crippen LogP contribution in [0.4, 0.5) is 0 Å². The highest BCUT2D eigenvalue weighted by atomic mass is 16.5. The van der Waals surface area contributed by atoms with E-state index in [9.17, 15) is 4.79 Å². The van der Waals surface area contributed by atoms with Gasteiger partial charge in [0.05, 0.1) is 24.3 Å². The third kappa shape index (κ3) is 4.37. The van der Waals surface area contributed by atoms with Gasteiger partial charge in [0, 0.05) is 19.8 Å². The van der Waals surface area contributed by atoms with Crippen molar-refractivity contribution >= 4 is 5.91 Å². The summed E-state index contributed by atoms with van der Waals surface area (Å²) in [4.78, 5) is 12.7. The summed E-state index contributed by atoms with van der Waals surface area (Å²) in [6.07, 6.45) is 9.38. The lowest BCUT2D eigenvalue weighted by atomic mass is 9.74. The van der Waals surface area contributed by atoms with Gasteiger partial charge in [0.15, 0.2) is 0 Å². The Morgan fingerprint density at radius 2 is 1.96 bits per heavy atom. The van der Waals surface area contributed by atoms with Crippen LogP contribution < -0.4 is 10.6 Å². The number of hydrogen-bond donors (Lipinski definition) is 2. The van der Waals surface area contributed by atoms with E-state index in [1.54, 1.807) is 7.11 Å². The van der Waals surface area contributed by atoms with Crippen LogP contribution in [0.15, 0.2) is 0 Å². The molecular weight excluding hydrogens is 316 g/mol. The van der Waals surface area contributed by atoms with Gasteiger partial charge in [-0.15, -0.1) is 0 Å². The lowest BCUT2D eigenvalue weighted by Crippen LogP contribution is -2.65. The predicted molar refractivity (Wildman–Crippen MR) is 98.1 cm³/mol. The second-order valence-corrected chi connectivity index (χ2v) is 8.19. The fraction of sp³-hybridized carbons (Fsp3) is 0.950. The summed E-state index contributed by atoms with van der Waals surface area (Å²) < 4.78 is 11.6. The monoisotopic (exact) mass is 352 g/mol. The summed E-state index contributed by atoms with van der Waals surface area (Å²) in [5.41, 5.74) is 0. The molecule has 2 aliphatic carbocycles. The zero-order chi connectivity index (χ0) is 17.8. The van der Waals surface area contributed by atoms with E-state index in [1.807, 2.05) is 0 Å². The molecule has 0 bridgehead atoms. The van der Waals surface area contributed by atoms with E-state index in [-0.39, 0.29) is 24.1 Å². The van der Waals surface area contributed by atoms with Crippen molar-refractivity contribution in [2.75, 3.05) is 13.7 Å². The molecule has 3 rings (SSSR count). The first-order chi connectivity index (χ1) is 12.2. The maximum Gasteiger partial charge on any atom is 0.226 e. The SMILES string of the molecule is CCCOC1CCC(C2NC(=O)C3CC(OC)CCC3N2)CC1CC. The minimum atomic E-state index is 0.0705. The van der Waals surface area contributed by atoms with Crippen molar-refractivity contribution in [2.45, 2.75) is 89.6 Å². The van der Waals surface area contributed by atoms with Crippen LogP contribution in [0.1, 0.15) is 65.2 Å². The Bertz CT molecular complexity index is 445. The summed E-state index contributed by atoms with van der Waals surface area (Å²) in [5.74, 6) is 1.44. The van der Waals surface area contributed by atoms with E-state index >= 15 is 0 Å². The predicted octanol–water partition coefficient (Wildman–Crippen LogP) is 2.84. The van der Waals surface area contributed by atoms with Gasteiger partial charge in [0.25, 0.3) is 0 Å². The van der Waals surface area contributed by atoms with Gasteiger partial charge in [-0.1, -0.05) is 20.3 Å². The molecule has 5 heteroatoms.